The molecule has 8 heteroatoms. The van der Waals surface area contributed by atoms with Gasteiger partial charge in [0.05, 0.1) is 12.1 Å². The van der Waals surface area contributed by atoms with Crippen LogP contribution in [0, 0.1) is 0 Å². The monoisotopic (exact) mass is 369 g/mol. The van der Waals surface area contributed by atoms with Gasteiger partial charge in [0.2, 0.25) is 5.88 Å². The van der Waals surface area contributed by atoms with E-state index in [1.54, 1.807) is 19.5 Å². The maximum absolute atomic E-state index is 10.4. The van der Waals surface area contributed by atoms with E-state index in [9.17, 15) is 5.11 Å². The number of aromatic hydroxyl groups is 1. The number of thiophene rings is 1. The number of methoxy groups -OCH3 is 1. The molecule has 0 saturated heterocycles. The standard InChI is InChI=1S/C18H19N5O2S/c1-4-12(5-6-19-2)13-11-26-15-14(13)21-16(22-18(15)24)17-20-7-8-23(17)9-10-25-3/h4-8,11H,2,9-10H2,1,3H3,(H,21,22,24)/b6-5-,12-4+. The summed E-state index contributed by atoms with van der Waals surface area (Å²) in [5.74, 6) is 0.905. The van der Waals surface area contributed by atoms with E-state index < -0.39 is 0 Å². The van der Waals surface area contributed by atoms with Crippen LogP contribution in [0.15, 0.2) is 41.1 Å². The fourth-order valence-electron chi connectivity index (χ4n) is 2.57. The summed E-state index contributed by atoms with van der Waals surface area (Å²) < 4.78 is 7.66. The molecular formula is C18H19N5O2S. The lowest BCUT2D eigenvalue weighted by atomic mass is 10.1. The summed E-state index contributed by atoms with van der Waals surface area (Å²) in [6, 6.07) is 0. The number of allylic oxidation sites excluding steroid dienone is 3. The quantitative estimate of drug-likeness (QED) is 0.509. The van der Waals surface area contributed by atoms with E-state index in [1.807, 2.05) is 35.2 Å². The Hall–Kier alpha value is -2.84. The van der Waals surface area contributed by atoms with Gasteiger partial charge >= 0.3 is 0 Å². The van der Waals surface area contributed by atoms with Crippen molar-refractivity contribution in [2.45, 2.75) is 13.5 Å². The second-order valence-electron chi connectivity index (χ2n) is 5.38. The Balaban J connectivity index is 2.12. The Kier molecular flexibility index (Phi) is 5.55. The first-order valence-electron chi connectivity index (χ1n) is 7.97. The third kappa shape index (κ3) is 3.42. The number of rotatable bonds is 7. The maximum atomic E-state index is 10.4. The second-order valence-corrected chi connectivity index (χ2v) is 6.26. The molecule has 0 atom stereocenters. The molecule has 3 aromatic rings. The second kappa shape index (κ2) is 8.03. The van der Waals surface area contributed by atoms with Crippen molar-refractivity contribution in [2.24, 2.45) is 4.99 Å². The number of aromatic nitrogens is 4. The predicted octanol–water partition coefficient (Wildman–Crippen LogP) is 3.52. The zero-order valence-corrected chi connectivity index (χ0v) is 15.4. The first-order valence-corrected chi connectivity index (χ1v) is 8.85. The number of hydrogen-bond acceptors (Lipinski definition) is 7. The van der Waals surface area contributed by atoms with E-state index in [-0.39, 0.29) is 5.88 Å². The summed E-state index contributed by atoms with van der Waals surface area (Å²) >= 11 is 1.40. The van der Waals surface area contributed by atoms with Crippen LogP contribution in [0.5, 0.6) is 5.88 Å². The fourth-order valence-corrected chi connectivity index (χ4v) is 3.47. The molecule has 0 aliphatic rings. The molecule has 0 aliphatic heterocycles. The van der Waals surface area contributed by atoms with E-state index in [1.165, 1.54) is 11.3 Å². The van der Waals surface area contributed by atoms with Gasteiger partial charge in [-0.1, -0.05) is 6.08 Å². The molecular weight excluding hydrogens is 350 g/mol. The van der Waals surface area contributed by atoms with Crippen LogP contribution in [0.4, 0.5) is 0 Å². The van der Waals surface area contributed by atoms with Crippen molar-refractivity contribution in [1.82, 2.24) is 19.5 Å². The van der Waals surface area contributed by atoms with Crippen molar-refractivity contribution in [3.05, 3.63) is 41.7 Å². The lowest BCUT2D eigenvalue weighted by molar-refractivity contribution is 0.187. The Morgan fingerprint density at radius 1 is 1.46 bits per heavy atom. The molecule has 3 heterocycles. The minimum Gasteiger partial charge on any atom is -0.492 e. The SMILES string of the molecule is C=N/C=C\C(=C/C)c1csc2c(O)nc(-c3nccn3CCOC)nc12. The average Bonchev–Trinajstić information content (AvgIpc) is 3.28. The highest BCUT2D eigenvalue weighted by Crippen LogP contribution is 2.36. The van der Waals surface area contributed by atoms with Gasteiger partial charge in [0.25, 0.3) is 0 Å². The minimum absolute atomic E-state index is 0.0520. The van der Waals surface area contributed by atoms with Gasteiger partial charge in [-0.3, -0.25) is 4.99 Å². The van der Waals surface area contributed by atoms with Gasteiger partial charge in [-0.25, -0.2) is 9.97 Å². The summed E-state index contributed by atoms with van der Waals surface area (Å²) in [4.78, 5) is 17.0. The summed E-state index contributed by atoms with van der Waals surface area (Å²) in [6.07, 6.45) is 8.95. The Morgan fingerprint density at radius 3 is 3.04 bits per heavy atom. The lowest BCUT2D eigenvalue weighted by Gasteiger charge is -2.07. The third-order valence-corrected chi connectivity index (χ3v) is 4.80. The van der Waals surface area contributed by atoms with E-state index >= 15 is 0 Å². The van der Waals surface area contributed by atoms with Crippen molar-refractivity contribution in [2.75, 3.05) is 13.7 Å². The largest absolute Gasteiger partial charge is 0.492 e. The number of imidazole rings is 1. The molecule has 0 amide bonds. The summed E-state index contributed by atoms with van der Waals surface area (Å²) in [5.41, 5.74) is 2.53. The van der Waals surface area contributed by atoms with E-state index in [0.29, 0.717) is 35.0 Å². The lowest BCUT2D eigenvalue weighted by Crippen LogP contribution is -2.06. The van der Waals surface area contributed by atoms with Gasteiger partial charge in [-0.15, -0.1) is 11.3 Å². The first kappa shape index (κ1) is 18.0. The molecule has 0 bridgehead atoms. The van der Waals surface area contributed by atoms with Crippen LogP contribution in [-0.2, 0) is 11.3 Å². The summed E-state index contributed by atoms with van der Waals surface area (Å²) in [5, 5.41) is 12.3. The van der Waals surface area contributed by atoms with Gasteiger partial charge in [0, 0.05) is 43.2 Å². The predicted molar refractivity (Wildman–Crippen MR) is 105 cm³/mol. The number of fused-ring (bicyclic) bond motifs is 1. The van der Waals surface area contributed by atoms with E-state index in [4.69, 9.17) is 4.74 Å². The van der Waals surface area contributed by atoms with Crippen molar-refractivity contribution in [3.8, 4) is 17.5 Å². The van der Waals surface area contributed by atoms with E-state index in [2.05, 4.69) is 26.7 Å². The molecule has 7 nitrogen and oxygen atoms in total. The van der Waals surface area contributed by atoms with Gasteiger partial charge in [-0.05, 0) is 25.3 Å². The number of ether oxygens (including phenoxy) is 1. The van der Waals surface area contributed by atoms with Gasteiger partial charge in [0.15, 0.2) is 11.6 Å². The van der Waals surface area contributed by atoms with Crippen LogP contribution in [0.3, 0.4) is 0 Å². The molecule has 0 radical (unpaired) electrons. The zero-order chi connectivity index (χ0) is 18.5. The molecule has 3 aromatic heterocycles. The van der Waals surface area contributed by atoms with Crippen molar-refractivity contribution in [3.63, 3.8) is 0 Å². The number of nitrogens with zero attached hydrogens (tertiary/aromatic N) is 5. The molecule has 0 unspecified atom stereocenters. The maximum Gasteiger partial charge on any atom is 0.233 e. The zero-order valence-electron chi connectivity index (χ0n) is 14.6. The van der Waals surface area contributed by atoms with Crippen LogP contribution < -0.4 is 0 Å². The Labute approximate surface area is 155 Å². The smallest absolute Gasteiger partial charge is 0.233 e. The van der Waals surface area contributed by atoms with Crippen molar-refractivity contribution in [1.29, 1.82) is 0 Å². The van der Waals surface area contributed by atoms with Crippen LogP contribution >= 0.6 is 11.3 Å². The fraction of sp³-hybridized carbons (Fsp3) is 0.222. The topological polar surface area (TPSA) is 85.4 Å². The van der Waals surface area contributed by atoms with Crippen LogP contribution in [0.1, 0.15) is 12.5 Å². The highest BCUT2D eigenvalue weighted by atomic mass is 32.1. The molecule has 1 N–H and O–H groups in total. The molecule has 0 saturated carbocycles. The minimum atomic E-state index is -0.0520. The molecule has 0 spiro atoms. The normalized spacial score (nSPS) is 12.3. The highest BCUT2D eigenvalue weighted by Gasteiger charge is 2.17. The molecule has 3 rings (SSSR count). The number of hydrogen-bond donors (Lipinski definition) is 1. The van der Waals surface area contributed by atoms with Crippen molar-refractivity contribution >= 4 is 33.8 Å². The van der Waals surface area contributed by atoms with Gasteiger partial charge in [0.1, 0.15) is 4.70 Å². The number of aliphatic imine (C=N–C) groups is 1. The Morgan fingerprint density at radius 2 is 2.31 bits per heavy atom. The average molecular weight is 369 g/mol. The summed E-state index contributed by atoms with van der Waals surface area (Å²) in [6.45, 7) is 6.56. The van der Waals surface area contributed by atoms with Crippen LogP contribution in [0.2, 0.25) is 0 Å². The van der Waals surface area contributed by atoms with Gasteiger partial charge in [-0.2, -0.15) is 4.98 Å². The third-order valence-electron chi connectivity index (χ3n) is 3.83. The molecule has 0 fully saturated rings. The first-order chi connectivity index (χ1) is 12.7. The molecule has 134 valence electrons. The highest BCUT2D eigenvalue weighted by molar-refractivity contribution is 7.17. The van der Waals surface area contributed by atoms with Crippen LogP contribution in [-0.4, -0.2) is 45.1 Å². The Bertz CT molecular complexity index is 987. The van der Waals surface area contributed by atoms with Crippen molar-refractivity contribution < 1.29 is 9.84 Å². The molecule has 26 heavy (non-hydrogen) atoms. The molecule has 0 aromatic carbocycles. The molecule has 0 aliphatic carbocycles. The van der Waals surface area contributed by atoms with Gasteiger partial charge < -0.3 is 14.4 Å². The van der Waals surface area contributed by atoms with Crippen LogP contribution in [0.25, 0.3) is 27.4 Å². The summed E-state index contributed by atoms with van der Waals surface area (Å²) in [7, 11) is 1.65. The van der Waals surface area contributed by atoms with E-state index in [0.717, 1.165) is 11.1 Å².